The molecule has 9 heteroatoms. The van der Waals surface area contributed by atoms with Crippen molar-refractivity contribution in [3.63, 3.8) is 0 Å². The summed E-state index contributed by atoms with van der Waals surface area (Å²) < 4.78 is 1.90. The zero-order valence-electron chi connectivity index (χ0n) is 23.0. The molecule has 2 aromatic heterocycles. The van der Waals surface area contributed by atoms with Gasteiger partial charge in [-0.3, -0.25) is 9.69 Å². The molecule has 0 bridgehead atoms. The number of fused-ring (bicyclic) bond motifs is 1. The highest BCUT2D eigenvalue weighted by molar-refractivity contribution is 6.30. The summed E-state index contributed by atoms with van der Waals surface area (Å²) in [7, 11) is 0. The Kier molecular flexibility index (Phi) is 7.05. The Morgan fingerprint density at radius 3 is 2.47 bits per heavy atom. The van der Waals surface area contributed by atoms with Crippen molar-refractivity contribution in [3.05, 3.63) is 79.9 Å². The highest BCUT2D eigenvalue weighted by Gasteiger charge is 2.36. The van der Waals surface area contributed by atoms with E-state index in [1.54, 1.807) is 0 Å². The molecule has 2 aromatic carbocycles. The maximum Gasteiger partial charge on any atom is 0.253 e. The van der Waals surface area contributed by atoms with Crippen LogP contribution < -0.4 is 10.5 Å². The molecule has 0 radical (unpaired) electrons. The van der Waals surface area contributed by atoms with Gasteiger partial charge in [0, 0.05) is 42.5 Å². The van der Waals surface area contributed by atoms with Crippen molar-refractivity contribution in [1.29, 1.82) is 0 Å². The normalized spacial score (nSPS) is 15.8. The van der Waals surface area contributed by atoms with Crippen LogP contribution in [-0.2, 0) is 5.54 Å². The molecule has 1 atom stereocenters. The lowest BCUT2D eigenvalue weighted by molar-refractivity contribution is 0.186. The summed E-state index contributed by atoms with van der Waals surface area (Å²) in [4.78, 5) is 21.5. The number of hydrogen-bond donors (Lipinski definition) is 1. The number of H-pyrrole nitrogens is 1. The van der Waals surface area contributed by atoms with Crippen molar-refractivity contribution < 1.29 is 0 Å². The summed E-state index contributed by atoms with van der Waals surface area (Å²) in [5, 5.41) is 14.7. The number of aromatic amines is 1. The van der Waals surface area contributed by atoms with Crippen LogP contribution in [0.5, 0.6) is 0 Å². The van der Waals surface area contributed by atoms with E-state index in [4.69, 9.17) is 11.6 Å². The number of aryl methyl sites for hydroxylation is 3. The third-order valence-electron chi connectivity index (χ3n) is 7.98. The third-order valence-corrected chi connectivity index (χ3v) is 8.22. The van der Waals surface area contributed by atoms with E-state index in [9.17, 15) is 4.79 Å². The summed E-state index contributed by atoms with van der Waals surface area (Å²) in [6.07, 6.45) is 0.853. The minimum absolute atomic E-state index is 0.105. The lowest BCUT2D eigenvalue weighted by Gasteiger charge is -2.40. The monoisotopic (exact) mass is 533 g/mol. The zero-order chi connectivity index (χ0) is 27.2. The Balaban J connectivity index is 1.59. The van der Waals surface area contributed by atoms with Gasteiger partial charge in [0.2, 0.25) is 0 Å². The Bertz CT molecular complexity index is 1530. The van der Waals surface area contributed by atoms with E-state index in [1.165, 1.54) is 5.56 Å². The molecule has 0 spiro atoms. The van der Waals surface area contributed by atoms with Gasteiger partial charge < -0.3 is 9.88 Å². The largest absolute Gasteiger partial charge is 0.369 e. The van der Waals surface area contributed by atoms with Crippen LogP contribution in [0.3, 0.4) is 0 Å². The van der Waals surface area contributed by atoms with E-state index < -0.39 is 0 Å². The van der Waals surface area contributed by atoms with Crippen molar-refractivity contribution in [1.82, 2.24) is 30.1 Å². The molecule has 0 unspecified atom stereocenters. The predicted octanol–water partition coefficient (Wildman–Crippen LogP) is 5.15. The van der Waals surface area contributed by atoms with Crippen LogP contribution in [0.15, 0.2) is 41.2 Å². The topological polar surface area (TPSA) is 82.9 Å². The molecule has 0 amide bonds. The van der Waals surface area contributed by atoms with E-state index in [-0.39, 0.29) is 17.1 Å². The van der Waals surface area contributed by atoms with Crippen LogP contribution >= 0.6 is 11.6 Å². The molecular weight excluding hydrogens is 498 g/mol. The number of pyridine rings is 1. The number of aromatic nitrogens is 5. The molecule has 4 aromatic rings. The van der Waals surface area contributed by atoms with Crippen molar-refractivity contribution in [2.45, 2.75) is 59.5 Å². The van der Waals surface area contributed by atoms with E-state index in [0.29, 0.717) is 11.4 Å². The van der Waals surface area contributed by atoms with E-state index in [2.05, 4.69) is 83.1 Å². The quantitative estimate of drug-likeness (QED) is 0.369. The van der Waals surface area contributed by atoms with Crippen molar-refractivity contribution in [2.75, 3.05) is 31.1 Å². The van der Waals surface area contributed by atoms with E-state index in [0.717, 1.165) is 65.3 Å². The minimum Gasteiger partial charge on any atom is -0.369 e. The van der Waals surface area contributed by atoms with E-state index >= 15 is 0 Å². The van der Waals surface area contributed by atoms with Gasteiger partial charge in [-0.25, -0.2) is 4.68 Å². The van der Waals surface area contributed by atoms with Crippen LogP contribution in [-0.4, -0.2) is 56.3 Å². The second-order valence-electron chi connectivity index (χ2n) is 11.1. The SMILES string of the molecule is CCC(C)(C)n1nnnc1[C@@H](c1cc2cc(C)cc(C)c2[nH]c1=O)N1CCN(c2cc(Cl)ccc2C)CC1. The highest BCUT2D eigenvalue weighted by atomic mass is 35.5. The number of benzene rings is 2. The van der Waals surface area contributed by atoms with E-state index in [1.807, 2.05) is 29.8 Å². The van der Waals surface area contributed by atoms with Crippen LogP contribution in [0.4, 0.5) is 5.69 Å². The Morgan fingerprint density at radius 1 is 1.03 bits per heavy atom. The molecule has 38 heavy (non-hydrogen) atoms. The summed E-state index contributed by atoms with van der Waals surface area (Å²) in [6, 6.07) is 11.9. The van der Waals surface area contributed by atoms with Crippen LogP contribution in [0.1, 0.15) is 61.3 Å². The maximum atomic E-state index is 13.7. The van der Waals surface area contributed by atoms with Gasteiger partial charge in [0.25, 0.3) is 5.56 Å². The van der Waals surface area contributed by atoms with Gasteiger partial charge in [-0.15, -0.1) is 5.10 Å². The third kappa shape index (κ3) is 4.83. The van der Waals surface area contributed by atoms with Crippen molar-refractivity contribution >= 4 is 28.2 Å². The standard InChI is InChI=1S/C29H36ClN7O/c1-7-29(5,6)37-27(32-33-34-37)26(23-16-21-15-18(2)14-20(4)25(21)31-28(23)38)36-12-10-35(11-13-36)24-17-22(30)9-8-19(24)3/h8-9,14-17,26H,7,10-13H2,1-6H3,(H,31,38)/t26-/m1/s1. The molecule has 1 aliphatic rings. The van der Waals surface area contributed by atoms with Gasteiger partial charge in [-0.05, 0) is 92.2 Å². The van der Waals surface area contributed by atoms with Gasteiger partial charge in [0.05, 0.1) is 11.1 Å². The first-order valence-corrected chi connectivity index (χ1v) is 13.6. The highest BCUT2D eigenvalue weighted by Crippen LogP contribution is 2.33. The fourth-order valence-corrected chi connectivity index (χ4v) is 5.66. The number of halogens is 1. The number of anilines is 1. The lowest BCUT2D eigenvalue weighted by atomic mass is 9.98. The average molecular weight is 534 g/mol. The molecule has 3 heterocycles. The Morgan fingerprint density at radius 2 is 1.76 bits per heavy atom. The van der Waals surface area contributed by atoms with Crippen LogP contribution in [0.25, 0.3) is 10.9 Å². The first kappa shape index (κ1) is 26.4. The molecule has 0 aliphatic carbocycles. The fraction of sp³-hybridized carbons (Fsp3) is 0.448. The first-order chi connectivity index (χ1) is 18.1. The number of hydrogen-bond acceptors (Lipinski definition) is 6. The van der Waals surface area contributed by atoms with Gasteiger partial charge in [-0.1, -0.05) is 36.2 Å². The molecule has 200 valence electrons. The number of nitrogens with one attached hydrogen (secondary N) is 1. The lowest BCUT2D eigenvalue weighted by Crippen LogP contribution is -2.49. The fourth-order valence-electron chi connectivity index (χ4n) is 5.50. The second-order valence-corrected chi connectivity index (χ2v) is 11.5. The summed E-state index contributed by atoms with van der Waals surface area (Å²) in [5.74, 6) is 0.693. The molecular formula is C29H36ClN7O. The minimum atomic E-state index is -0.382. The molecule has 1 aliphatic heterocycles. The van der Waals surface area contributed by atoms with Crippen molar-refractivity contribution in [3.8, 4) is 0 Å². The molecule has 1 fully saturated rings. The molecule has 0 saturated carbocycles. The molecule has 5 rings (SSSR count). The summed E-state index contributed by atoms with van der Waals surface area (Å²) in [6.45, 7) is 15.7. The molecule has 1 saturated heterocycles. The van der Waals surface area contributed by atoms with Crippen molar-refractivity contribution in [2.24, 2.45) is 0 Å². The van der Waals surface area contributed by atoms with Crippen LogP contribution in [0, 0.1) is 20.8 Å². The van der Waals surface area contributed by atoms with Gasteiger partial charge in [-0.2, -0.15) is 0 Å². The first-order valence-electron chi connectivity index (χ1n) is 13.3. The zero-order valence-corrected chi connectivity index (χ0v) is 23.8. The van der Waals surface area contributed by atoms with Gasteiger partial charge >= 0.3 is 0 Å². The maximum absolute atomic E-state index is 13.7. The number of rotatable bonds is 6. The Labute approximate surface area is 228 Å². The summed E-state index contributed by atoms with van der Waals surface area (Å²) >= 11 is 6.32. The van der Waals surface area contributed by atoms with Gasteiger partial charge in [0.15, 0.2) is 5.82 Å². The summed E-state index contributed by atoms with van der Waals surface area (Å²) in [5.41, 5.74) is 5.70. The number of tetrazole rings is 1. The molecule has 1 N–H and O–H groups in total. The van der Waals surface area contributed by atoms with Crippen LogP contribution in [0.2, 0.25) is 5.02 Å². The number of piperazine rings is 1. The Hall–Kier alpha value is -3.23. The average Bonchev–Trinajstić information content (AvgIpc) is 3.37. The number of nitrogens with zero attached hydrogens (tertiary/aromatic N) is 6. The smallest absolute Gasteiger partial charge is 0.253 e. The predicted molar refractivity (Wildman–Crippen MR) is 153 cm³/mol. The second kappa shape index (κ2) is 10.2. The molecule has 8 nitrogen and oxygen atoms in total. The van der Waals surface area contributed by atoms with Gasteiger partial charge in [0.1, 0.15) is 6.04 Å².